The molecule has 0 saturated carbocycles. The van der Waals surface area contributed by atoms with Crippen molar-refractivity contribution >= 4 is 11.6 Å². The Morgan fingerprint density at radius 3 is 2.63 bits per heavy atom. The third-order valence-electron chi connectivity index (χ3n) is 2.02. The number of halogens is 3. The van der Waals surface area contributed by atoms with E-state index in [4.69, 9.17) is 5.11 Å². The lowest BCUT2D eigenvalue weighted by Crippen LogP contribution is -2.21. The molecule has 0 aliphatic carbocycles. The average molecular weight is 271 g/mol. The summed E-state index contributed by atoms with van der Waals surface area (Å²) in [7, 11) is 0. The molecular formula is C13H12F3NO2. The summed E-state index contributed by atoms with van der Waals surface area (Å²) in [6, 6.07) is 6.29. The quantitative estimate of drug-likeness (QED) is 0.829. The Bertz CT molecular complexity index is 501. The van der Waals surface area contributed by atoms with Crippen molar-refractivity contribution in [1.82, 2.24) is 0 Å². The SMILES string of the molecule is O=C(CC(F)(F)F)Nc1ccccc1C#CCCO. The van der Waals surface area contributed by atoms with Gasteiger partial charge in [-0.2, -0.15) is 13.2 Å². The van der Waals surface area contributed by atoms with E-state index >= 15 is 0 Å². The number of alkyl halides is 3. The molecule has 1 rings (SSSR count). The molecule has 0 aliphatic heterocycles. The van der Waals surface area contributed by atoms with Crippen LogP contribution in [0.3, 0.4) is 0 Å². The summed E-state index contributed by atoms with van der Waals surface area (Å²) in [4.78, 5) is 11.2. The summed E-state index contributed by atoms with van der Waals surface area (Å²) in [5.41, 5.74) is 0.633. The maximum atomic E-state index is 12.0. The fourth-order valence-electron chi connectivity index (χ4n) is 1.29. The second-order valence-electron chi connectivity index (χ2n) is 3.66. The number of amides is 1. The van der Waals surface area contributed by atoms with Gasteiger partial charge in [0.1, 0.15) is 6.42 Å². The zero-order chi connectivity index (χ0) is 14.3. The largest absolute Gasteiger partial charge is 0.397 e. The molecule has 0 bridgehead atoms. The molecule has 0 saturated heterocycles. The van der Waals surface area contributed by atoms with Gasteiger partial charge in [0.2, 0.25) is 5.91 Å². The number of carbonyl (C=O) groups is 1. The van der Waals surface area contributed by atoms with Gasteiger partial charge in [0.05, 0.1) is 12.3 Å². The highest BCUT2D eigenvalue weighted by Gasteiger charge is 2.31. The fourth-order valence-corrected chi connectivity index (χ4v) is 1.29. The highest BCUT2D eigenvalue weighted by molar-refractivity contribution is 5.92. The van der Waals surface area contributed by atoms with Crippen molar-refractivity contribution in [3.63, 3.8) is 0 Å². The lowest BCUT2D eigenvalue weighted by Gasteiger charge is -2.09. The molecule has 0 aliphatic rings. The second-order valence-corrected chi connectivity index (χ2v) is 3.66. The minimum absolute atomic E-state index is 0.102. The second kappa shape index (κ2) is 6.81. The molecule has 0 radical (unpaired) electrons. The summed E-state index contributed by atoms with van der Waals surface area (Å²) in [5, 5.41) is 10.8. The molecule has 2 N–H and O–H groups in total. The molecule has 3 nitrogen and oxygen atoms in total. The average Bonchev–Trinajstić information content (AvgIpc) is 2.29. The molecule has 0 spiro atoms. The molecule has 102 valence electrons. The van der Waals surface area contributed by atoms with Crippen molar-refractivity contribution in [3.05, 3.63) is 29.8 Å². The van der Waals surface area contributed by atoms with Crippen LogP contribution in [0, 0.1) is 11.8 Å². The number of anilines is 1. The number of aliphatic hydroxyl groups excluding tert-OH is 1. The molecule has 19 heavy (non-hydrogen) atoms. The Balaban J connectivity index is 2.79. The van der Waals surface area contributed by atoms with E-state index in [-0.39, 0.29) is 18.7 Å². The van der Waals surface area contributed by atoms with E-state index in [1.807, 2.05) is 0 Å². The van der Waals surface area contributed by atoms with Crippen molar-refractivity contribution in [2.75, 3.05) is 11.9 Å². The molecular weight excluding hydrogens is 259 g/mol. The number of benzene rings is 1. The lowest BCUT2D eigenvalue weighted by molar-refractivity contribution is -0.150. The lowest BCUT2D eigenvalue weighted by atomic mass is 10.1. The van der Waals surface area contributed by atoms with Crippen molar-refractivity contribution < 1.29 is 23.1 Å². The number of hydrogen-bond donors (Lipinski definition) is 2. The predicted octanol–water partition coefficient (Wildman–Crippen LogP) is 2.31. The van der Waals surface area contributed by atoms with Crippen molar-refractivity contribution in [2.24, 2.45) is 0 Å². The fraction of sp³-hybridized carbons (Fsp3) is 0.308. The third-order valence-corrected chi connectivity index (χ3v) is 2.02. The number of carbonyl (C=O) groups excluding carboxylic acids is 1. The van der Waals surface area contributed by atoms with Crippen LogP contribution in [0.4, 0.5) is 18.9 Å². The van der Waals surface area contributed by atoms with Gasteiger partial charge in [-0.15, -0.1) is 0 Å². The Hall–Kier alpha value is -2.00. The van der Waals surface area contributed by atoms with Crippen LogP contribution in [0.5, 0.6) is 0 Å². The summed E-state index contributed by atoms with van der Waals surface area (Å²) in [5.74, 6) is 4.18. The molecule has 1 aromatic carbocycles. The number of rotatable bonds is 3. The molecule has 0 heterocycles. The van der Waals surface area contributed by atoms with E-state index in [0.29, 0.717) is 5.56 Å². The summed E-state index contributed by atoms with van der Waals surface area (Å²) >= 11 is 0. The van der Waals surface area contributed by atoms with Crippen LogP contribution in [-0.4, -0.2) is 23.8 Å². The smallest absolute Gasteiger partial charge is 0.395 e. The Labute approximate surface area is 108 Å². The highest BCUT2D eigenvalue weighted by Crippen LogP contribution is 2.21. The van der Waals surface area contributed by atoms with Gasteiger partial charge in [0.25, 0.3) is 0 Å². The van der Waals surface area contributed by atoms with E-state index in [2.05, 4.69) is 17.2 Å². The van der Waals surface area contributed by atoms with E-state index in [1.165, 1.54) is 6.07 Å². The third kappa shape index (κ3) is 5.93. The minimum atomic E-state index is -4.54. The number of para-hydroxylation sites is 1. The molecule has 0 aromatic heterocycles. The maximum Gasteiger partial charge on any atom is 0.397 e. The van der Waals surface area contributed by atoms with E-state index in [9.17, 15) is 18.0 Å². The van der Waals surface area contributed by atoms with Crippen molar-refractivity contribution in [3.8, 4) is 11.8 Å². The van der Waals surface area contributed by atoms with Gasteiger partial charge in [-0.3, -0.25) is 4.79 Å². The normalized spacial score (nSPS) is 10.5. The summed E-state index contributed by atoms with van der Waals surface area (Å²) in [6.45, 7) is -0.102. The molecule has 6 heteroatoms. The number of nitrogens with one attached hydrogen (secondary N) is 1. The van der Waals surface area contributed by atoms with Crippen LogP contribution >= 0.6 is 0 Å². The molecule has 0 fully saturated rings. The van der Waals surface area contributed by atoms with Gasteiger partial charge in [0.15, 0.2) is 0 Å². The number of hydrogen-bond acceptors (Lipinski definition) is 2. The zero-order valence-corrected chi connectivity index (χ0v) is 9.92. The number of aliphatic hydroxyl groups is 1. The van der Waals surface area contributed by atoms with Crippen molar-refractivity contribution in [2.45, 2.75) is 19.0 Å². The first-order valence-electron chi connectivity index (χ1n) is 5.48. The topological polar surface area (TPSA) is 49.3 Å². The summed E-state index contributed by atoms with van der Waals surface area (Å²) in [6.07, 6.45) is -5.82. The Morgan fingerprint density at radius 2 is 2.00 bits per heavy atom. The van der Waals surface area contributed by atoms with E-state index in [0.717, 1.165) is 0 Å². The van der Waals surface area contributed by atoms with Crippen LogP contribution in [0.25, 0.3) is 0 Å². The predicted molar refractivity (Wildman–Crippen MR) is 64.3 cm³/mol. The summed E-state index contributed by atoms with van der Waals surface area (Å²) < 4.78 is 36.1. The molecule has 1 aromatic rings. The van der Waals surface area contributed by atoms with Gasteiger partial charge >= 0.3 is 6.18 Å². The highest BCUT2D eigenvalue weighted by atomic mass is 19.4. The Kier molecular flexibility index (Phi) is 5.39. The van der Waals surface area contributed by atoms with Gasteiger partial charge in [0, 0.05) is 12.0 Å². The van der Waals surface area contributed by atoms with E-state index < -0.39 is 18.5 Å². The van der Waals surface area contributed by atoms with E-state index in [1.54, 1.807) is 18.2 Å². The van der Waals surface area contributed by atoms with Crippen LogP contribution in [-0.2, 0) is 4.79 Å². The molecule has 0 unspecified atom stereocenters. The maximum absolute atomic E-state index is 12.0. The van der Waals surface area contributed by atoms with Gasteiger partial charge in [-0.1, -0.05) is 24.0 Å². The van der Waals surface area contributed by atoms with Gasteiger partial charge < -0.3 is 10.4 Å². The standard InChI is InChI=1S/C13H12F3NO2/c14-13(15,16)9-12(19)17-11-7-2-1-5-10(11)6-3-4-8-18/h1-2,5,7,18H,4,8-9H2,(H,17,19). The van der Waals surface area contributed by atoms with Gasteiger partial charge in [-0.05, 0) is 12.1 Å². The first-order chi connectivity index (χ1) is 8.92. The molecule has 1 amide bonds. The zero-order valence-electron chi connectivity index (χ0n) is 9.92. The van der Waals surface area contributed by atoms with Crippen LogP contribution in [0.2, 0.25) is 0 Å². The van der Waals surface area contributed by atoms with Crippen LogP contribution in [0.15, 0.2) is 24.3 Å². The van der Waals surface area contributed by atoms with Crippen LogP contribution in [0.1, 0.15) is 18.4 Å². The first-order valence-corrected chi connectivity index (χ1v) is 5.48. The molecule has 0 atom stereocenters. The minimum Gasteiger partial charge on any atom is -0.395 e. The van der Waals surface area contributed by atoms with Crippen LogP contribution < -0.4 is 5.32 Å². The Morgan fingerprint density at radius 1 is 1.32 bits per heavy atom. The van der Waals surface area contributed by atoms with Gasteiger partial charge in [-0.25, -0.2) is 0 Å². The van der Waals surface area contributed by atoms with Crippen molar-refractivity contribution in [1.29, 1.82) is 0 Å². The first kappa shape index (κ1) is 15.1. The monoisotopic (exact) mass is 271 g/mol.